The van der Waals surface area contributed by atoms with Crippen LogP contribution in [0.3, 0.4) is 0 Å². The molecule has 1 saturated carbocycles. The number of fused-ring (bicyclic) bond motifs is 3. The number of aryl methyl sites for hydroxylation is 1. The van der Waals surface area contributed by atoms with E-state index in [2.05, 4.69) is 145 Å². The van der Waals surface area contributed by atoms with Gasteiger partial charge >= 0.3 is 0 Å². The van der Waals surface area contributed by atoms with Crippen molar-refractivity contribution in [1.29, 1.82) is 0 Å². The first-order chi connectivity index (χ1) is 29.2. The van der Waals surface area contributed by atoms with E-state index in [1.54, 1.807) is 7.05 Å². The molecule has 3 atom stereocenters. The highest BCUT2D eigenvalue weighted by Crippen LogP contribution is 2.36. The predicted octanol–water partition coefficient (Wildman–Crippen LogP) is 11.5. The molecular formula is C53H87N5O3S. The number of allylic oxidation sites excluding steroid dienone is 2. The van der Waals surface area contributed by atoms with Crippen LogP contribution in [0.1, 0.15) is 127 Å². The van der Waals surface area contributed by atoms with E-state index < -0.39 is 0 Å². The molecule has 348 valence electrons. The number of ether oxygens (including phenoxy) is 1. The fourth-order valence-electron chi connectivity index (χ4n) is 5.41. The second-order valence-corrected chi connectivity index (χ2v) is 18.5. The molecule has 1 saturated heterocycles. The summed E-state index contributed by atoms with van der Waals surface area (Å²) in [5, 5.41) is 8.81. The van der Waals surface area contributed by atoms with Gasteiger partial charge in [-0.3, -0.25) is 14.6 Å². The van der Waals surface area contributed by atoms with Crippen LogP contribution in [-0.4, -0.2) is 65.6 Å². The Morgan fingerprint density at radius 3 is 1.90 bits per heavy atom. The van der Waals surface area contributed by atoms with Crippen molar-refractivity contribution in [2.24, 2.45) is 23.2 Å². The van der Waals surface area contributed by atoms with Crippen LogP contribution in [0.4, 0.5) is 0 Å². The lowest BCUT2D eigenvalue weighted by Crippen LogP contribution is -2.43. The monoisotopic (exact) mass is 874 g/mol. The predicted molar refractivity (Wildman–Crippen MR) is 277 cm³/mol. The molecular weight excluding hydrogens is 787 g/mol. The Morgan fingerprint density at radius 1 is 0.968 bits per heavy atom. The number of likely N-dealkylation sites (N-methyl/N-ethyl adjacent to an activating group) is 1. The van der Waals surface area contributed by atoms with E-state index in [1.807, 2.05) is 64.7 Å². The van der Waals surface area contributed by atoms with Crippen molar-refractivity contribution in [3.63, 3.8) is 0 Å². The highest BCUT2D eigenvalue weighted by molar-refractivity contribution is 8.13. The van der Waals surface area contributed by atoms with E-state index in [4.69, 9.17) is 4.74 Å². The molecule has 8 nitrogen and oxygen atoms in total. The molecule has 0 spiro atoms. The van der Waals surface area contributed by atoms with Gasteiger partial charge in [-0.1, -0.05) is 126 Å². The minimum Gasteiger partial charge on any atom is -0.491 e. The molecule has 2 aromatic rings. The van der Waals surface area contributed by atoms with E-state index in [0.29, 0.717) is 18.9 Å². The maximum Gasteiger partial charge on any atom is 0.242 e. The number of carbonyl (C=O) groups excluding carboxylic acids is 2. The average molecular weight is 874 g/mol. The number of carbonyl (C=O) groups is 2. The highest BCUT2D eigenvalue weighted by Gasteiger charge is 2.31. The number of terminal acetylenes is 3. The second kappa shape index (κ2) is 36.7. The molecule has 2 unspecified atom stereocenters. The lowest BCUT2D eigenvalue weighted by molar-refractivity contribution is -0.124. The quantitative estimate of drug-likeness (QED) is 0.125. The molecule has 0 radical (unpaired) electrons. The zero-order valence-corrected chi connectivity index (χ0v) is 42.3. The summed E-state index contributed by atoms with van der Waals surface area (Å²) in [4.78, 5) is 30.1. The first-order valence-corrected chi connectivity index (χ1v) is 23.2. The number of likely N-dealkylation sites (tertiary alicyclic amines) is 1. The van der Waals surface area contributed by atoms with Crippen LogP contribution in [-0.2, 0) is 16.0 Å². The normalized spacial score (nSPS) is 14.7. The first-order valence-electron chi connectivity index (χ1n) is 21.7. The number of rotatable bonds is 10. The summed E-state index contributed by atoms with van der Waals surface area (Å²) >= 11 is 0. The van der Waals surface area contributed by atoms with E-state index >= 15 is 0 Å². The van der Waals surface area contributed by atoms with Gasteiger partial charge < -0.3 is 25.0 Å². The van der Waals surface area contributed by atoms with Crippen molar-refractivity contribution in [1.82, 2.24) is 25.2 Å². The third-order valence-corrected chi connectivity index (χ3v) is 10.6. The Kier molecular flexibility index (Phi) is 37.7. The van der Waals surface area contributed by atoms with Crippen molar-refractivity contribution >= 4 is 39.1 Å². The molecule has 62 heavy (non-hydrogen) atoms. The molecule has 3 N–H and O–H groups in total. The van der Waals surface area contributed by atoms with Gasteiger partial charge in [0.2, 0.25) is 11.8 Å². The molecule has 1 aliphatic carbocycles. The lowest BCUT2D eigenvalue weighted by Gasteiger charge is -2.27. The number of nitrogens with zero attached hydrogens (tertiary/aromatic N) is 2. The smallest absolute Gasteiger partial charge is 0.242 e. The number of hydrogen-bond acceptors (Lipinski definition) is 6. The van der Waals surface area contributed by atoms with E-state index in [0.717, 1.165) is 78.0 Å². The van der Waals surface area contributed by atoms with Crippen LogP contribution >= 0.6 is 10.7 Å². The van der Waals surface area contributed by atoms with E-state index in [-0.39, 0.29) is 33.9 Å². The number of pyridine rings is 1. The second-order valence-electron chi connectivity index (χ2n) is 16.7. The number of aromatic nitrogens is 1. The third kappa shape index (κ3) is 28.6. The largest absolute Gasteiger partial charge is 0.491 e. The fraction of sp³-hybridized carbons (Fsp3) is 0.547. The first kappa shape index (κ1) is 63.7. The SMILES string of the molecule is C#C.C#C.C#C.C=C(C)NS(=C)C1CC1.C=C(CNC(=O)CC(C)(C)C)N1CCC[C@H]1C(=O)NC.C=CC(C)C(C)C.CC.CC(C)C.Cc1nc2c(c3ccccc13)OCC2. The van der Waals surface area contributed by atoms with Gasteiger partial charge in [-0.05, 0) is 62.7 Å². The number of hydrogen-bond donors (Lipinski definition) is 3. The minimum atomic E-state index is -0.146. The Hall–Kier alpha value is -4.91. The van der Waals surface area contributed by atoms with Crippen LogP contribution in [0.15, 0.2) is 61.5 Å². The molecule has 2 amide bonds. The third-order valence-electron chi connectivity index (χ3n) is 8.76. The van der Waals surface area contributed by atoms with Crippen molar-refractivity contribution in [2.75, 3.05) is 26.7 Å². The van der Waals surface area contributed by atoms with Gasteiger partial charge in [0, 0.05) is 59.5 Å². The van der Waals surface area contributed by atoms with Gasteiger partial charge in [-0.15, -0.1) is 55.8 Å². The molecule has 2 aliphatic heterocycles. The maximum absolute atomic E-state index is 11.8. The van der Waals surface area contributed by atoms with Crippen molar-refractivity contribution in [3.8, 4) is 44.3 Å². The summed E-state index contributed by atoms with van der Waals surface area (Å²) in [5.74, 6) is 7.28. The molecule has 3 aliphatic rings. The standard InChI is InChI=1S/C15H27N3O2.C12H11NO.C7H13NS.C7H14.C4H10.C2H6.3C2H2/c1-11(10-17-13(19)9-15(2,3)4)18-8-6-7-12(18)14(20)16-5;1-8-9-4-2-3-5-10(9)12-11(13-8)6-7-14-12;1-6(2)8-9(3)7-4-5-7;1-5-7(4)6(2)3;1-4(2)3;4*1-2/h12H,1,6-10H2,2-5H3,(H,16,20)(H,17,19);2-5H,6-7H2,1H3;7-8H,1,3-5H2,2H3;5-7H,1H2,2-4H3;4H,1-3H3;1-2H3;3*1-2H/t12-;;;;;;;;/m0......../s1. The van der Waals surface area contributed by atoms with Crippen LogP contribution in [0, 0.1) is 68.6 Å². The Labute approximate surface area is 384 Å². The molecule has 0 bridgehead atoms. The average Bonchev–Trinajstić information content (AvgIpc) is 3.80. The Balaban J connectivity index is -0.000000350. The molecule has 1 aromatic heterocycles. The van der Waals surface area contributed by atoms with Crippen molar-refractivity contribution < 1.29 is 14.3 Å². The fourth-order valence-corrected chi connectivity index (χ4v) is 6.73. The van der Waals surface area contributed by atoms with Crippen LogP contribution in [0.25, 0.3) is 10.8 Å². The molecule has 2 fully saturated rings. The number of amides is 2. The topological polar surface area (TPSA) is 95.6 Å². The van der Waals surface area contributed by atoms with Gasteiger partial charge in [0.15, 0.2) is 0 Å². The summed E-state index contributed by atoms with van der Waals surface area (Å²) in [6.07, 6.45) is 32.0. The van der Waals surface area contributed by atoms with Crippen LogP contribution in [0.2, 0.25) is 0 Å². The molecule has 3 heterocycles. The van der Waals surface area contributed by atoms with Gasteiger partial charge in [0.05, 0.1) is 18.8 Å². The van der Waals surface area contributed by atoms with Gasteiger partial charge in [0.25, 0.3) is 0 Å². The number of nitrogens with one attached hydrogen (secondary N) is 3. The summed E-state index contributed by atoms with van der Waals surface area (Å²) in [5.41, 5.74) is 4.04. The van der Waals surface area contributed by atoms with E-state index in [9.17, 15) is 9.59 Å². The zero-order valence-electron chi connectivity index (χ0n) is 41.5. The lowest BCUT2D eigenvalue weighted by atomic mass is 9.92. The van der Waals surface area contributed by atoms with Gasteiger partial charge in [0.1, 0.15) is 11.8 Å². The van der Waals surface area contributed by atoms with E-state index in [1.165, 1.54) is 23.6 Å². The van der Waals surface area contributed by atoms with Gasteiger partial charge in [-0.2, -0.15) is 0 Å². The van der Waals surface area contributed by atoms with Gasteiger partial charge in [-0.25, -0.2) is 0 Å². The minimum absolute atomic E-state index is 0.0182. The van der Waals surface area contributed by atoms with Crippen LogP contribution < -0.4 is 20.1 Å². The summed E-state index contributed by atoms with van der Waals surface area (Å²) in [6.45, 7) is 40.7. The number of benzene rings is 1. The molecule has 1 aromatic carbocycles. The Bertz CT molecular complexity index is 1660. The summed E-state index contributed by atoms with van der Waals surface area (Å²) in [7, 11) is 1.81. The summed E-state index contributed by atoms with van der Waals surface area (Å²) in [6, 6.07) is 8.14. The van der Waals surface area contributed by atoms with Crippen molar-refractivity contribution in [3.05, 3.63) is 72.9 Å². The van der Waals surface area contributed by atoms with Crippen LogP contribution in [0.5, 0.6) is 5.75 Å². The van der Waals surface area contributed by atoms with Crippen molar-refractivity contribution in [2.45, 2.75) is 140 Å². The maximum atomic E-state index is 11.8. The highest BCUT2D eigenvalue weighted by atomic mass is 32.2. The summed E-state index contributed by atoms with van der Waals surface area (Å²) < 4.78 is 8.83. The Morgan fingerprint density at radius 2 is 1.48 bits per heavy atom. The molecule has 9 heteroatoms. The zero-order chi connectivity index (χ0) is 49.2. The molecule has 5 rings (SSSR count).